The highest BCUT2D eigenvalue weighted by molar-refractivity contribution is 5.89. The molecule has 4 aliphatic rings. The normalized spacial score (nSPS) is 29.1. The number of carbonyl (C=O) groups excluding carboxylic acids is 1. The minimum atomic E-state index is -0.243. The lowest BCUT2D eigenvalue weighted by atomic mass is 9.47. The average Bonchev–Trinajstić information content (AvgIpc) is 3.56. The SMILES string of the molecule is C=NCCN(CC)CCCCOc1ccc(N=Nc2ccc(C(=O)OC3CCC4(C)C(=CCC5C4CCC4(C)C(C(C)CCCC(C)C)CCC54)C3)cc2)cc1. The van der Waals surface area contributed by atoms with Gasteiger partial charge in [-0.05, 0) is 172 Å². The number of benzene rings is 2. The zero-order valence-corrected chi connectivity index (χ0v) is 35.7. The number of allylic oxidation sites excluding steroid dienone is 1. The second-order valence-electron chi connectivity index (χ2n) is 18.7. The molecule has 2 aromatic carbocycles. The van der Waals surface area contributed by atoms with Crippen LogP contribution in [0.2, 0.25) is 0 Å². The number of nitrogens with zero attached hydrogens (tertiary/aromatic N) is 4. The van der Waals surface area contributed by atoms with E-state index < -0.39 is 0 Å². The second kappa shape index (κ2) is 19.4. The molecule has 2 aromatic rings. The van der Waals surface area contributed by atoms with E-state index in [1.165, 1.54) is 51.4 Å². The van der Waals surface area contributed by atoms with E-state index >= 15 is 0 Å². The predicted octanol–water partition coefficient (Wildman–Crippen LogP) is 12.9. The van der Waals surface area contributed by atoms with Crippen LogP contribution < -0.4 is 4.74 Å². The van der Waals surface area contributed by atoms with E-state index in [-0.39, 0.29) is 17.5 Å². The Bertz CT molecular complexity index is 1640. The van der Waals surface area contributed by atoms with Gasteiger partial charge in [0.25, 0.3) is 0 Å². The van der Waals surface area contributed by atoms with E-state index in [0.29, 0.717) is 23.3 Å². The molecule has 3 saturated carbocycles. The Kier molecular flexibility index (Phi) is 14.7. The van der Waals surface area contributed by atoms with Gasteiger partial charge in [-0.3, -0.25) is 4.99 Å². The molecule has 3 fully saturated rings. The van der Waals surface area contributed by atoms with Crippen molar-refractivity contribution in [3.63, 3.8) is 0 Å². The molecule has 0 radical (unpaired) electrons. The van der Waals surface area contributed by atoms with Crippen molar-refractivity contribution < 1.29 is 14.3 Å². The molecule has 0 aliphatic heterocycles. The number of ether oxygens (including phenoxy) is 2. The summed E-state index contributed by atoms with van der Waals surface area (Å²) in [5, 5.41) is 8.80. The predicted molar refractivity (Wildman–Crippen MR) is 231 cm³/mol. The number of azo groups is 1. The van der Waals surface area contributed by atoms with Crippen molar-refractivity contribution in [2.45, 2.75) is 131 Å². The monoisotopic (exact) mass is 765 g/mol. The van der Waals surface area contributed by atoms with Gasteiger partial charge in [-0.2, -0.15) is 10.2 Å². The number of esters is 1. The van der Waals surface area contributed by atoms with Crippen molar-refractivity contribution in [2.75, 3.05) is 32.8 Å². The molecular weight excluding hydrogens is 693 g/mol. The summed E-state index contributed by atoms with van der Waals surface area (Å²) in [6.45, 7) is 22.8. The first-order chi connectivity index (χ1) is 27.0. The molecule has 0 saturated heterocycles. The van der Waals surface area contributed by atoms with Crippen LogP contribution in [0.3, 0.4) is 0 Å². The Hall–Kier alpha value is -3.32. The molecule has 4 aliphatic carbocycles. The van der Waals surface area contributed by atoms with Crippen LogP contribution in [0, 0.1) is 46.3 Å². The summed E-state index contributed by atoms with van der Waals surface area (Å²) in [6.07, 6.45) is 18.6. The van der Waals surface area contributed by atoms with E-state index in [2.05, 4.69) is 74.5 Å². The molecule has 7 heteroatoms. The standard InChI is InChI=1S/C49H72N4O3/c1-8-53(32-30-50-7)31-9-10-33-55-41-21-19-40(20-22-41)52-51-39-17-14-37(15-18-39)47(54)56-42-26-28-48(5)38(34-42)16-23-43-45-25-24-44(36(4)13-11-12-35(2)3)49(45,6)29-27-46(43)48/h14-22,35-36,42-46H,7-13,23-34H2,1-6H3. The Morgan fingerprint density at radius 2 is 1.61 bits per heavy atom. The fourth-order valence-electron chi connectivity index (χ4n) is 11.6. The summed E-state index contributed by atoms with van der Waals surface area (Å²) in [5.41, 5.74) is 4.32. The van der Waals surface area contributed by atoms with Gasteiger partial charge in [-0.15, -0.1) is 0 Å². The van der Waals surface area contributed by atoms with Crippen LogP contribution in [-0.2, 0) is 4.74 Å². The molecule has 0 aromatic heterocycles. The van der Waals surface area contributed by atoms with Gasteiger partial charge < -0.3 is 14.4 Å². The van der Waals surface area contributed by atoms with Crippen LogP contribution in [0.15, 0.2) is 75.4 Å². The first-order valence-electron chi connectivity index (χ1n) is 22.3. The summed E-state index contributed by atoms with van der Waals surface area (Å²) in [7, 11) is 0. The van der Waals surface area contributed by atoms with E-state index in [0.717, 1.165) is 105 Å². The molecule has 56 heavy (non-hydrogen) atoms. The van der Waals surface area contributed by atoms with Crippen LogP contribution in [0.25, 0.3) is 0 Å². The molecule has 8 unspecified atom stereocenters. The molecule has 8 atom stereocenters. The van der Waals surface area contributed by atoms with Gasteiger partial charge in [0.2, 0.25) is 0 Å². The van der Waals surface area contributed by atoms with Crippen molar-refractivity contribution in [3.05, 3.63) is 65.7 Å². The van der Waals surface area contributed by atoms with Crippen LogP contribution in [0.1, 0.15) is 135 Å². The average molecular weight is 765 g/mol. The smallest absolute Gasteiger partial charge is 0.338 e. The highest BCUT2D eigenvalue weighted by Gasteiger charge is 2.59. The highest BCUT2D eigenvalue weighted by atomic mass is 16.5. The van der Waals surface area contributed by atoms with Gasteiger partial charge in [-0.1, -0.05) is 72.5 Å². The first kappa shape index (κ1) is 42.3. The second-order valence-corrected chi connectivity index (χ2v) is 18.7. The van der Waals surface area contributed by atoms with Crippen molar-refractivity contribution in [1.82, 2.24) is 4.90 Å². The molecular formula is C49H72N4O3. The van der Waals surface area contributed by atoms with E-state index in [1.807, 2.05) is 36.4 Å². The van der Waals surface area contributed by atoms with Crippen LogP contribution in [-0.4, -0.2) is 56.5 Å². The van der Waals surface area contributed by atoms with Crippen LogP contribution >= 0.6 is 0 Å². The highest BCUT2D eigenvalue weighted by Crippen LogP contribution is 2.67. The summed E-state index contributed by atoms with van der Waals surface area (Å²) in [5.74, 6) is 5.57. The molecule has 6 rings (SSSR count). The summed E-state index contributed by atoms with van der Waals surface area (Å²) < 4.78 is 12.1. The van der Waals surface area contributed by atoms with Crippen molar-refractivity contribution in [3.8, 4) is 5.75 Å². The molecule has 306 valence electrons. The lowest BCUT2D eigenvalue weighted by molar-refractivity contribution is -0.0594. The zero-order chi connectivity index (χ0) is 39.7. The van der Waals surface area contributed by atoms with Gasteiger partial charge in [0.1, 0.15) is 11.9 Å². The lowest BCUT2D eigenvalue weighted by Gasteiger charge is -2.58. The van der Waals surface area contributed by atoms with Crippen molar-refractivity contribution in [2.24, 2.45) is 61.6 Å². The molecule has 0 heterocycles. The number of hydrogen-bond donors (Lipinski definition) is 0. The Labute approximate surface area is 339 Å². The number of unbranched alkanes of at least 4 members (excludes halogenated alkanes) is 1. The minimum absolute atomic E-state index is 0.0577. The molecule has 0 N–H and O–H groups in total. The molecule has 7 nitrogen and oxygen atoms in total. The van der Waals surface area contributed by atoms with Gasteiger partial charge >= 0.3 is 5.97 Å². The van der Waals surface area contributed by atoms with E-state index in [1.54, 1.807) is 17.7 Å². The van der Waals surface area contributed by atoms with E-state index in [9.17, 15) is 4.79 Å². The zero-order valence-electron chi connectivity index (χ0n) is 35.7. The van der Waals surface area contributed by atoms with Crippen molar-refractivity contribution in [1.29, 1.82) is 0 Å². The third kappa shape index (κ3) is 10.0. The Morgan fingerprint density at radius 3 is 2.30 bits per heavy atom. The van der Waals surface area contributed by atoms with Crippen LogP contribution in [0.5, 0.6) is 5.75 Å². The van der Waals surface area contributed by atoms with Crippen LogP contribution in [0.4, 0.5) is 11.4 Å². The lowest BCUT2D eigenvalue weighted by Crippen LogP contribution is -2.51. The third-order valence-electron chi connectivity index (χ3n) is 14.9. The topological polar surface area (TPSA) is 75.9 Å². The fraction of sp³-hybridized carbons (Fsp3) is 0.673. The minimum Gasteiger partial charge on any atom is -0.494 e. The van der Waals surface area contributed by atoms with Gasteiger partial charge in [0.05, 0.1) is 30.1 Å². The maximum atomic E-state index is 13.3. The molecule has 0 spiro atoms. The number of rotatable bonds is 19. The summed E-state index contributed by atoms with van der Waals surface area (Å²) >= 11 is 0. The Balaban J connectivity index is 0.955. The number of likely N-dealkylation sites (N-methyl/N-ethyl adjacent to an activating group) is 1. The van der Waals surface area contributed by atoms with Crippen molar-refractivity contribution >= 4 is 24.1 Å². The molecule has 0 amide bonds. The fourth-order valence-corrected chi connectivity index (χ4v) is 11.6. The third-order valence-corrected chi connectivity index (χ3v) is 14.9. The van der Waals surface area contributed by atoms with Gasteiger partial charge in [0, 0.05) is 13.0 Å². The maximum Gasteiger partial charge on any atom is 0.338 e. The number of aliphatic imine (C=N–C) groups is 1. The quantitative estimate of drug-likeness (QED) is 0.0469. The first-order valence-corrected chi connectivity index (χ1v) is 22.3. The van der Waals surface area contributed by atoms with E-state index in [4.69, 9.17) is 9.47 Å². The van der Waals surface area contributed by atoms with Gasteiger partial charge in [-0.25, -0.2) is 4.79 Å². The number of hydrogen-bond acceptors (Lipinski definition) is 7. The largest absolute Gasteiger partial charge is 0.494 e. The maximum absolute atomic E-state index is 13.3. The number of carbonyl (C=O) groups is 1. The van der Waals surface area contributed by atoms with Gasteiger partial charge in [0.15, 0.2) is 0 Å². The Morgan fingerprint density at radius 1 is 0.875 bits per heavy atom. The molecule has 0 bridgehead atoms. The summed E-state index contributed by atoms with van der Waals surface area (Å²) in [4.78, 5) is 19.7. The summed E-state index contributed by atoms with van der Waals surface area (Å²) in [6, 6.07) is 15.0. The number of fused-ring (bicyclic) bond motifs is 5.